The molecule has 0 fully saturated rings. The molecule has 0 heterocycles. The summed E-state index contributed by atoms with van der Waals surface area (Å²) in [7, 11) is 2.25. The Labute approximate surface area is 100 Å². The molecule has 1 unspecified atom stereocenters. The van der Waals surface area contributed by atoms with Crippen LogP contribution in [0, 0.1) is 0 Å². The Morgan fingerprint density at radius 1 is 1.12 bits per heavy atom. The number of hydrogen-bond acceptors (Lipinski definition) is 1. The third-order valence-electron chi connectivity index (χ3n) is 3.26. The predicted molar refractivity (Wildman–Crippen MR) is 71.5 cm³/mol. The van der Waals surface area contributed by atoms with E-state index < -0.39 is 0 Å². The van der Waals surface area contributed by atoms with Gasteiger partial charge in [0.05, 0.1) is 0 Å². The summed E-state index contributed by atoms with van der Waals surface area (Å²) in [6.07, 6.45) is 5.23. The molecule has 0 aromatic heterocycles. The van der Waals surface area contributed by atoms with Gasteiger partial charge in [-0.15, -0.1) is 0 Å². The van der Waals surface area contributed by atoms with Crippen LogP contribution in [0.25, 0.3) is 0 Å². The van der Waals surface area contributed by atoms with Crippen molar-refractivity contribution in [2.45, 2.75) is 52.1 Å². The van der Waals surface area contributed by atoms with Crippen molar-refractivity contribution in [1.29, 1.82) is 0 Å². The second-order valence-electron chi connectivity index (χ2n) is 4.61. The lowest BCUT2D eigenvalue weighted by atomic mass is 10.1. The lowest BCUT2D eigenvalue weighted by molar-refractivity contribution is 0.212. The maximum atomic E-state index is 2.49. The molecule has 1 aromatic carbocycles. The van der Waals surface area contributed by atoms with E-state index in [0.29, 0.717) is 0 Å². The number of hydrogen-bond donors (Lipinski definition) is 0. The van der Waals surface area contributed by atoms with E-state index >= 15 is 0 Å². The minimum absolute atomic E-state index is 0.736. The van der Waals surface area contributed by atoms with Crippen molar-refractivity contribution >= 4 is 0 Å². The zero-order chi connectivity index (χ0) is 11.8. The average Bonchev–Trinajstić information content (AvgIpc) is 2.31. The zero-order valence-corrected chi connectivity index (χ0v) is 10.9. The Morgan fingerprint density at radius 2 is 1.81 bits per heavy atom. The Balaban J connectivity index is 2.46. The second-order valence-corrected chi connectivity index (χ2v) is 4.61. The maximum Gasteiger partial charge on any atom is 0.0233 e. The van der Waals surface area contributed by atoms with Crippen LogP contribution >= 0.6 is 0 Å². The van der Waals surface area contributed by atoms with Crippen LogP contribution < -0.4 is 0 Å². The van der Waals surface area contributed by atoms with Crippen LogP contribution in [0.4, 0.5) is 0 Å². The van der Waals surface area contributed by atoms with Gasteiger partial charge in [-0.05, 0) is 25.5 Å². The van der Waals surface area contributed by atoms with Crippen molar-refractivity contribution in [2.75, 3.05) is 7.05 Å². The van der Waals surface area contributed by atoms with Crippen molar-refractivity contribution < 1.29 is 0 Å². The summed E-state index contributed by atoms with van der Waals surface area (Å²) >= 11 is 0. The number of rotatable bonds is 7. The van der Waals surface area contributed by atoms with E-state index in [2.05, 4.69) is 56.1 Å². The highest BCUT2D eigenvalue weighted by molar-refractivity contribution is 5.14. The fourth-order valence-corrected chi connectivity index (χ4v) is 2.18. The molecule has 0 aliphatic heterocycles. The summed E-state index contributed by atoms with van der Waals surface area (Å²) in [5.41, 5.74) is 1.42. The standard InChI is InChI=1S/C15H25N/c1-4-6-12-15(5-2)16(3)13-14-10-8-7-9-11-14/h7-11,15H,4-6,12-13H2,1-3H3. The molecular formula is C15H25N. The first-order valence-electron chi connectivity index (χ1n) is 6.52. The minimum atomic E-state index is 0.736. The molecule has 0 radical (unpaired) electrons. The summed E-state index contributed by atoms with van der Waals surface area (Å²) < 4.78 is 0. The molecule has 1 heteroatoms. The van der Waals surface area contributed by atoms with E-state index in [4.69, 9.17) is 0 Å². The molecule has 0 spiro atoms. The van der Waals surface area contributed by atoms with Crippen LogP contribution in [-0.2, 0) is 6.54 Å². The summed E-state index contributed by atoms with van der Waals surface area (Å²) in [6.45, 7) is 5.63. The molecule has 1 nitrogen and oxygen atoms in total. The van der Waals surface area contributed by atoms with E-state index in [9.17, 15) is 0 Å². The van der Waals surface area contributed by atoms with Gasteiger partial charge in [0, 0.05) is 12.6 Å². The molecule has 0 amide bonds. The summed E-state index contributed by atoms with van der Waals surface area (Å²) in [5, 5.41) is 0. The van der Waals surface area contributed by atoms with Crippen molar-refractivity contribution in [3.8, 4) is 0 Å². The van der Waals surface area contributed by atoms with Gasteiger partial charge in [0.1, 0.15) is 0 Å². The molecule has 0 saturated heterocycles. The van der Waals surface area contributed by atoms with E-state index in [1.54, 1.807) is 0 Å². The third-order valence-corrected chi connectivity index (χ3v) is 3.26. The molecule has 0 bridgehead atoms. The molecule has 90 valence electrons. The smallest absolute Gasteiger partial charge is 0.0233 e. The van der Waals surface area contributed by atoms with Crippen LogP contribution in [-0.4, -0.2) is 18.0 Å². The summed E-state index contributed by atoms with van der Waals surface area (Å²) in [4.78, 5) is 2.49. The van der Waals surface area contributed by atoms with Crippen LogP contribution in [0.2, 0.25) is 0 Å². The van der Waals surface area contributed by atoms with Crippen LogP contribution in [0.15, 0.2) is 30.3 Å². The van der Waals surface area contributed by atoms with Gasteiger partial charge in [-0.25, -0.2) is 0 Å². The monoisotopic (exact) mass is 219 g/mol. The Morgan fingerprint density at radius 3 is 2.38 bits per heavy atom. The molecule has 1 atom stereocenters. The van der Waals surface area contributed by atoms with Gasteiger partial charge in [-0.1, -0.05) is 57.0 Å². The maximum absolute atomic E-state index is 2.49. The summed E-state index contributed by atoms with van der Waals surface area (Å²) in [6, 6.07) is 11.5. The minimum Gasteiger partial charge on any atom is -0.299 e. The highest BCUT2D eigenvalue weighted by Gasteiger charge is 2.11. The van der Waals surface area contributed by atoms with Crippen LogP contribution in [0.3, 0.4) is 0 Å². The first-order chi connectivity index (χ1) is 7.77. The quantitative estimate of drug-likeness (QED) is 0.667. The van der Waals surface area contributed by atoms with Crippen molar-refractivity contribution in [2.24, 2.45) is 0 Å². The van der Waals surface area contributed by atoms with E-state index in [-0.39, 0.29) is 0 Å². The molecule has 1 aromatic rings. The average molecular weight is 219 g/mol. The number of nitrogens with zero attached hydrogens (tertiary/aromatic N) is 1. The first-order valence-corrected chi connectivity index (χ1v) is 6.52. The molecule has 16 heavy (non-hydrogen) atoms. The summed E-state index contributed by atoms with van der Waals surface area (Å²) in [5.74, 6) is 0. The lowest BCUT2D eigenvalue weighted by Gasteiger charge is -2.27. The highest BCUT2D eigenvalue weighted by atomic mass is 15.1. The van der Waals surface area contributed by atoms with Gasteiger partial charge in [0.15, 0.2) is 0 Å². The lowest BCUT2D eigenvalue weighted by Crippen LogP contribution is -2.30. The predicted octanol–water partition coefficient (Wildman–Crippen LogP) is 4.09. The van der Waals surface area contributed by atoms with Gasteiger partial charge < -0.3 is 0 Å². The van der Waals surface area contributed by atoms with Crippen LogP contribution in [0.1, 0.15) is 45.1 Å². The fourth-order valence-electron chi connectivity index (χ4n) is 2.18. The number of unbranched alkanes of at least 4 members (excludes halogenated alkanes) is 1. The van der Waals surface area contributed by atoms with E-state index in [1.165, 1.54) is 31.2 Å². The normalized spacial score (nSPS) is 13.0. The van der Waals surface area contributed by atoms with Gasteiger partial charge in [0.2, 0.25) is 0 Å². The third kappa shape index (κ3) is 4.36. The molecular weight excluding hydrogens is 194 g/mol. The Bertz CT molecular complexity index is 268. The van der Waals surface area contributed by atoms with Gasteiger partial charge in [-0.2, -0.15) is 0 Å². The largest absolute Gasteiger partial charge is 0.299 e. The molecule has 0 saturated carbocycles. The Kier molecular flexibility index (Phi) is 6.17. The molecule has 0 aliphatic rings. The van der Waals surface area contributed by atoms with E-state index in [0.717, 1.165) is 12.6 Å². The topological polar surface area (TPSA) is 3.24 Å². The molecule has 1 rings (SSSR count). The van der Waals surface area contributed by atoms with E-state index in [1.807, 2.05) is 0 Å². The number of benzene rings is 1. The van der Waals surface area contributed by atoms with Gasteiger partial charge in [-0.3, -0.25) is 4.90 Å². The second kappa shape index (κ2) is 7.45. The first kappa shape index (κ1) is 13.2. The van der Waals surface area contributed by atoms with Crippen LogP contribution in [0.5, 0.6) is 0 Å². The fraction of sp³-hybridized carbons (Fsp3) is 0.600. The van der Waals surface area contributed by atoms with Gasteiger partial charge in [0.25, 0.3) is 0 Å². The molecule has 0 N–H and O–H groups in total. The molecule has 0 aliphatic carbocycles. The van der Waals surface area contributed by atoms with Gasteiger partial charge >= 0.3 is 0 Å². The SMILES string of the molecule is CCCCC(CC)N(C)Cc1ccccc1. The van der Waals surface area contributed by atoms with Crippen molar-refractivity contribution in [3.63, 3.8) is 0 Å². The van der Waals surface area contributed by atoms with Crippen molar-refractivity contribution in [3.05, 3.63) is 35.9 Å². The zero-order valence-electron chi connectivity index (χ0n) is 10.9. The highest BCUT2D eigenvalue weighted by Crippen LogP contribution is 2.13. The Hall–Kier alpha value is -0.820. The van der Waals surface area contributed by atoms with Crippen molar-refractivity contribution in [1.82, 2.24) is 4.90 Å².